The molecule has 2 amide bonds. The molecule has 4 rings (SSSR count). The minimum absolute atomic E-state index is 0.123. The molecule has 4 fully saturated rings. The van der Waals surface area contributed by atoms with Crippen LogP contribution in [0.2, 0.25) is 0 Å². The van der Waals surface area contributed by atoms with Gasteiger partial charge in [-0.1, -0.05) is 13.8 Å². The van der Waals surface area contributed by atoms with E-state index >= 15 is 0 Å². The molecule has 4 nitrogen and oxygen atoms in total. The highest BCUT2D eigenvalue weighted by molar-refractivity contribution is 5.76. The molecule has 3 saturated carbocycles. The fourth-order valence-electron chi connectivity index (χ4n) is 7.51. The first-order chi connectivity index (χ1) is 11.8. The van der Waals surface area contributed by atoms with Gasteiger partial charge in [-0.2, -0.15) is 0 Å². The van der Waals surface area contributed by atoms with Gasteiger partial charge in [0.05, 0.1) is 0 Å². The number of fused-ring (bicyclic) bond motifs is 5. The molecule has 2 N–H and O–H groups in total. The van der Waals surface area contributed by atoms with Crippen molar-refractivity contribution in [3.8, 4) is 0 Å². The van der Waals surface area contributed by atoms with Crippen LogP contribution in [0.5, 0.6) is 0 Å². The van der Waals surface area contributed by atoms with Crippen molar-refractivity contribution in [2.24, 2.45) is 34.5 Å². The van der Waals surface area contributed by atoms with Gasteiger partial charge in [0.15, 0.2) is 0 Å². The standard InChI is InChI=1S/C21H34N2O2/c1-13(24)23-18-7-6-16-15-5-4-14-12-19(25)22-11-10-20(14,2)17(15)8-9-21(16,18)3/h14-18H,4-12H2,1-3H3,(H,22,25)(H,23,24)/t14-,15-,16-,17-,18-,20-,21-/m0/s1. The molecule has 25 heavy (non-hydrogen) atoms. The van der Waals surface area contributed by atoms with Crippen molar-refractivity contribution in [1.82, 2.24) is 10.6 Å². The first-order valence-corrected chi connectivity index (χ1v) is 10.4. The van der Waals surface area contributed by atoms with Gasteiger partial charge in [-0.25, -0.2) is 0 Å². The van der Waals surface area contributed by atoms with Crippen molar-refractivity contribution in [3.63, 3.8) is 0 Å². The van der Waals surface area contributed by atoms with Crippen LogP contribution in [0.25, 0.3) is 0 Å². The van der Waals surface area contributed by atoms with Crippen LogP contribution in [0.3, 0.4) is 0 Å². The summed E-state index contributed by atoms with van der Waals surface area (Å²) < 4.78 is 0. The second-order valence-electron chi connectivity index (χ2n) is 9.84. The van der Waals surface area contributed by atoms with Crippen molar-refractivity contribution < 1.29 is 9.59 Å². The lowest BCUT2D eigenvalue weighted by molar-refractivity contribution is -0.126. The number of rotatable bonds is 1. The molecule has 0 bridgehead atoms. The predicted octanol–water partition coefficient (Wildman–Crippen LogP) is 3.26. The molecule has 1 heterocycles. The van der Waals surface area contributed by atoms with Crippen molar-refractivity contribution in [3.05, 3.63) is 0 Å². The number of hydrogen-bond acceptors (Lipinski definition) is 2. The van der Waals surface area contributed by atoms with Gasteiger partial charge in [-0.05, 0) is 79.4 Å². The summed E-state index contributed by atoms with van der Waals surface area (Å²) in [5, 5.41) is 6.38. The number of amides is 2. The fourth-order valence-corrected chi connectivity index (χ4v) is 7.51. The summed E-state index contributed by atoms with van der Waals surface area (Å²) in [6, 6.07) is 0.360. The van der Waals surface area contributed by atoms with Crippen molar-refractivity contribution in [2.45, 2.75) is 78.2 Å². The first kappa shape index (κ1) is 17.4. The molecule has 0 aromatic carbocycles. The van der Waals surface area contributed by atoms with E-state index < -0.39 is 0 Å². The molecule has 0 aromatic heterocycles. The fraction of sp³-hybridized carbons (Fsp3) is 0.905. The highest BCUT2D eigenvalue weighted by Gasteiger charge is 2.59. The summed E-state index contributed by atoms with van der Waals surface area (Å²) in [7, 11) is 0. The zero-order valence-corrected chi connectivity index (χ0v) is 16.1. The molecule has 140 valence electrons. The lowest BCUT2D eigenvalue weighted by atomic mass is 9.46. The Morgan fingerprint density at radius 3 is 2.56 bits per heavy atom. The van der Waals surface area contributed by atoms with Crippen LogP contribution in [-0.2, 0) is 9.59 Å². The van der Waals surface area contributed by atoms with Crippen LogP contribution in [-0.4, -0.2) is 24.4 Å². The van der Waals surface area contributed by atoms with Gasteiger partial charge in [-0.3, -0.25) is 9.59 Å². The van der Waals surface area contributed by atoms with Crippen LogP contribution in [0.1, 0.15) is 72.1 Å². The Balaban J connectivity index is 1.59. The van der Waals surface area contributed by atoms with E-state index in [9.17, 15) is 9.59 Å². The van der Waals surface area contributed by atoms with Crippen LogP contribution in [0, 0.1) is 34.5 Å². The van der Waals surface area contributed by atoms with E-state index in [0.717, 1.165) is 43.6 Å². The zero-order chi connectivity index (χ0) is 17.8. The summed E-state index contributed by atoms with van der Waals surface area (Å²) in [5.41, 5.74) is 0.588. The van der Waals surface area contributed by atoms with Crippen molar-refractivity contribution >= 4 is 11.8 Å². The van der Waals surface area contributed by atoms with Gasteiger partial charge < -0.3 is 10.6 Å². The first-order valence-electron chi connectivity index (χ1n) is 10.4. The number of carbonyl (C=O) groups excluding carboxylic acids is 2. The van der Waals surface area contributed by atoms with Crippen LogP contribution in [0.4, 0.5) is 0 Å². The Bertz CT molecular complexity index is 576. The SMILES string of the molecule is CC(=O)N[C@H]1CC[C@H]2[C@@H]3CC[C@H]4CC(=O)NCC[C@]4(C)[C@H]3CC[C@]12C. The predicted molar refractivity (Wildman–Crippen MR) is 97.7 cm³/mol. The lowest BCUT2D eigenvalue weighted by Gasteiger charge is -2.58. The maximum absolute atomic E-state index is 12.1. The highest BCUT2D eigenvalue weighted by atomic mass is 16.2. The molecule has 0 radical (unpaired) electrons. The molecule has 1 saturated heterocycles. The molecule has 0 unspecified atom stereocenters. The average molecular weight is 347 g/mol. The summed E-state index contributed by atoms with van der Waals surface area (Å²) in [6.45, 7) is 7.43. The molecular weight excluding hydrogens is 312 g/mol. The van der Waals surface area contributed by atoms with Gasteiger partial charge in [0.1, 0.15) is 0 Å². The molecule has 4 aliphatic rings. The minimum atomic E-state index is 0.123. The van der Waals surface area contributed by atoms with Crippen LogP contribution >= 0.6 is 0 Å². The third kappa shape index (κ3) is 2.62. The lowest BCUT2D eigenvalue weighted by Crippen LogP contribution is -2.54. The largest absolute Gasteiger partial charge is 0.356 e. The summed E-state index contributed by atoms with van der Waals surface area (Å²) >= 11 is 0. The maximum atomic E-state index is 12.1. The van der Waals surface area contributed by atoms with E-state index in [2.05, 4.69) is 24.5 Å². The third-order valence-corrected chi connectivity index (χ3v) is 8.86. The zero-order valence-electron chi connectivity index (χ0n) is 16.1. The van der Waals surface area contributed by atoms with Crippen molar-refractivity contribution in [2.75, 3.05) is 6.54 Å². The number of hydrogen-bond donors (Lipinski definition) is 2. The smallest absolute Gasteiger partial charge is 0.220 e. The van der Waals surface area contributed by atoms with E-state index in [-0.39, 0.29) is 17.2 Å². The monoisotopic (exact) mass is 346 g/mol. The normalized spacial score (nSPS) is 49.2. The van der Waals surface area contributed by atoms with E-state index in [1.165, 1.54) is 32.1 Å². The third-order valence-electron chi connectivity index (χ3n) is 8.86. The number of nitrogens with one attached hydrogen (secondary N) is 2. The Hall–Kier alpha value is -1.06. The highest BCUT2D eigenvalue weighted by Crippen LogP contribution is 2.65. The minimum Gasteiger partial charge on any atom is -0.356 e. The maximum Gasteiger partial charge on any atom is 0.220 e. The van der Waals surface area contributed by atoms with Gasteiger partial charge in [-0.15, -0.1) is 0 Å². The second-order valence-corrected chi connectivity index (χ2v) is 9.84. The molecule has 7 atom stereocenters. The second kappa shape index (κ2) is 5.99. The molecule has 4 heteroatoms. The Labute approximate surface area is 151 Å². The van der Waals surface area contributed by atoms with E-state index in [4.69, 9.17) is 0 Å². The van der Waals surface area contributed by atoms with Crippen molar-refractivity contribution in [1.29, 1.82) is 0 Å². The molecule has 1 aliphatic heterocycles. The van der Waals surface area contributed by atoms with Gasteiger partial charge in [0.2, 0.25) is 11.8 Å². The quantitative estimate of drug-likeness (QED) is 0.766. The Kier molecular flexibility index (Phi) is 4.16. The average Bonchev–Trinajstić information content (AvgIpc) is 2.77. The molecular formula is C21H34N2O2. The van der Waals surface area contributed by atoms with Crippen LogP contribution < -0.4 is 10.6 Å². The van der Waals surface area contributed by atoms with Gasteiger partial charge in [0.25, 0.3) is 0 Å². The van der Waals surface area contributed by atoms with Gasteiger partial charge in [0, 0.05) is 25.9 Å². The topological polar surface area (TPSA) is 58.2 Å². The summed E-state index contributed by atoms with van der Waals surface area (Å²) in [6.07, 6.45) is 9.28. The van der Waals surface area contributed by atoms with Crippen LogP contribution in [0.15, 0.2) is 0 Å². The molecule has 3 aliphatic carbocycles. The molecule has 0 aromatic rings. The van der Waals surface area contributed by atoms with E-state index in [1.54, 1.807) is 6.92 Å². The number of carbonyl (C=O) groups is 2. The molecule has 0 spiro atoms. The van der Waals surface area contributed by atoms with Gasteiger partial charge >= 0.3 is 0 Å². The van der Waals surface area contributed by atoms with E-state index in [1.807, 2.05) is 0 Å². The Morgan fingerprint density at radius 2 is 1.80 bits per heavy atom. The van der Waals surface area contributed by atoms with E-state index in [0.29, 0.717) is 17.4 Å². The Morgan fingerprint density at radius 1 is 1.04 bits per heavy atom. The summed E-state index contributed by atoms with van der Waals surface area (Å²) in [5.74, 6) is 3.23. The summed E-state index contributed by atoms with van der Waals surface area (Å²) in [4.78, 5) is 23.7.